The Hall–Kier alpha value is -1.84. The molecular weight excluding hydrogens is 242 g/mol. The van der Waals surface area contributed by atoms with Gasteiger partial charge in [-0.25, -0.2) is 4.79 Å². The largest absolute Gasteiger partial charge is 0.480 e. The maximum Gasteiger partial charge on any atom is 0.326 e. The fraction of sp³-hybridized carbons (Fsp3) is 0.467. The minimum absolute atomic E-state index is 0.136. The number of rotatable bonds is 6. The molecule has 0 unspecified atom stereocenters. The van der Waals surface area contributed by atoms with Gasteiger partial charge in [0, 0.05) is 0 Å². The topological polar surface area (TPSA) is 66.4 Å². The van der Waals surface area contributed by atoms with Crippen LogP contribution in [0.15, 0.2) is 24.3 Å². The second-order valence-electron chi connectivity index (χ2n) is 4.98. The van der Waals surface area contributed by atoms with Crippen molar-refractivity contribution < 1.29 is 14.7 Å². The van der Waals surface area contributed by atoms with Gasteiger partial charge in [-0.15, -0.1) is 0 Å². The van der Waals surface area contributed by atoms with Crippen molar-refractivity contribution in [3.05, 3.63) is 35.4 Å². The van der Waals surface area contributed by atoms with Crippen LogP contribution < -0.4 is 5.32 Å². The third-order valence-electron chi connectivity index (χ3n) is 3.01. The van der Waals surface area contributed by atoms with E-state index in [4.69, 9.17) is 5.11 Å². The second-order valence-corrected chi connectivity index (χ2v) is 4.98. The van der Waals surface area contributed by atoms with E-state index in [1.54, 1.807) is 13.8 Å². The summed E-state index contributed by atoms with van der Waals surface area (Å²) in [6, 6.07) is 6.95. The first-order valence-electron chi connectivity index (χ1n) is 6.54. The van der Waals surface area contributed by atoms with Gasteiger partial charge in [0.25, 0.3) is 0 Å². The number of carboxylic acids is 1. The Morgan fingerprint density at radius 1 is 1.26 bits per heavy atom. The smallest absolute Gasteiger partial charge is 0.326 e. The molecule has 0 saturated heterocycles. The molecule has 0 spiro atoms. The van der Waals surface area contributed by atoms with Crippen LogP contribution in [0.25, 0.3) is 0 Å². The molecule has 1 atom stereocenters. The Labute approximate surface area is 113 Å². The van der Waals surface area contributed by atoms with E-state index in [0.29, 0.717) is 0 Å². The van der Waals surface area contributed by atoms with Gasteiger partial charge in [-0.2, -0.15) is 0 Å². The summed E-state index contributed by atoms with van der Waals surface area (Å²) in [7, 11) is 0. The van der Waals surface area contributed by atoms with Gasteiger partial charge >= 0.3 is 5.97 Å². The highest BCUT2D eigenvalue weighted by Crippen LogP contribution is 2.08. The Kier molecular flexibility index (Phi) is 5.55. The molecule has 0 aliphatic heterocycles. The first kappa shape index (κ1) is 15.2. The van der Waals surface area contributed by atoms with E-state index in [0.717, 1.165) is 12.0 Å². The molecule has 1 rings (SSSR count). The molecule has 0 aromatic heterocycles. The van der Waals surface area contributed by atoms with Crippen LogP contribution in [-0.4, -0.2) is 23.0 Å². The van der Waals surface area contributed by atoms with Crippen LogP contribution in [0.5, 0.6) is 0 Å². The summed E-state index contributed by atoms with van der Waals surface area (Å²) < 4.78 is 0. The number of carbonyl (C=O) groups is 2. The lowest BCUT2D eigenvalue weighted by molar-refractivity contribution is -0.143. The second kappa shape index (κ2) is 6.92. The fourth-order valence-electron chi connectivity index (χ4n) is 1.88. The van der Waals surface area contributed by atoms with Gasteiger partial charge < -0.3 is 10.4 Å². The Balaban J connectivity index is 2.66. The normalized spacial score (nSPS) is 12.2. The quantitative estimate of drug-likeness (QED) is 0.825. The molecule has 0 saturated carbocycles. The summed E-state index contributed by atoms with van der Waals surface area (Å²) in [6.07, 6.45) is 1.13. The van der Waals surface area contributed by atoms with Gasteiger partial charge in [0.1, 0.15) is 6.04 Å². The summed E-state index contributed by atoms with van der Waals surface area (Å²) >= 11 is 0. The molecule has 0 radical (unpaired) electrons. The number of carbonyl (C=O) groups excluding carboxylic acids is 1. The van der Waals surface area contributed by atoms with Crippen LogP contribution in [0.1, 0.15) is 31.9 Å². The number of hydrogen-bond acceptors (Lipinski definition) is 2. The molecule has 0 bridgehead atoms. The van der Waals surface area contributed by atoms with Gasteiger partial charge in [-0.3, -0.25) is 4.79 Å². The molecule has 2 N–H and O–H groups in total. The Morgan fingerprint density at radius 2 is 1.89 bits per heavy atom. The molecule has 104 valence electrons. The minimum Gasteiger partial charge on any atom is -0.480 e. The first-order valence-corrected chi connectivity index (χ1v) is 6.54. The van der Waals surface area contributed by atoms with Crippen molar-refractivity contribution in [3.8, 4) is 0 Å². The molecule has 1 amide bonds. The minimum atomic E-state index is -0.995. The number of hydrogen-bond donors (Lipinski definition) is 2. The van der Waals surface area contributed by atoms with Crippen molar-refractivity contribution in [1.82, 2.24) is 5.32 Å². The number of nitrogens with one attached hydrogen (secondary N) is 1. The van der Waals surface area contributed by atoms with Crippen LogP contribution >= 0.6 is 0 Å². The van der Waals surface area contributed by atoms with Crippen LogP contribution in [0.2, 0.25) is 0 Å². The van der Waals surface area contributed by atoms with E-state index in [9.17, 15) is 9.59 Å². The van der Waals surface area contributed by atoms with E-state index in [2.05, 4.69) is 12.2 Å². The molecule has 4 heteroatoms. The zero-order valence-corrected chi connectivity index (χ0v) is 11.6. The number of amides is 1. The zero-order valence-electron chi connectivity index (χ0n) is 11.6. The van der Waals surface area contributed by atoms with E-state index in [-0.39, 0.29) is 18.2 Å². The van der Waals surface area contributed by atoms with Crippen molar-refractivity contribution in [2.45, 2.75) is 39.7 Å². The third kappa shape index (κ3) is 4.73. The Morgan fingerprint density at radius 3 is 2.42 bits per heavy atom. The molecule has 1 aromatic carbocycles. The molecule has 0 aliphatic carbocycles. The van der Waals surface area contributed by atoms with Crippen molar-refractivity contribution in [3.63, 3.8) is 0 Å². The summed E-state index contributed by atoms with van der Waals surface area (Å²) in [5, 5.41) is 11.6. The highest BCUT2D eigenvalue weighted by atomic mass is 16.4. The SMILES string of the molecule is CCc1cccc(CC(=O)N[C@H](C(=O)O)C(C)C)c1. The lowest BCUT2D eigenvalue weighted by Crippen LogP contribution is -2.44. The fourth-order valence-corrected chi connectivity index (χ4v) is 1.88. The first-order chi connectivity index (χ1) is 8.93. The highest BCUT2D eigenvalue weighted by molar-refractivity contribution is 5.85. The molecular formula is C15H21NO3. The number of aliphatic carboxylic acids is 1. The highest BCUT2D eigenvalue weighted by Gasteiger charge is 2.23. The monoisotopic (exact) mass is 263 g/mol. The van der Waals surface area contributed by atoms with Gasteiger partial charge in [-0.05, 0) is 23.5 Å². The standard InChI is InChI=1S/C15H21NO3/c1-4-11-6-5-7-12(8-11)9-13(17)16-14(10(2)3)15(18)19/h5-8,10,14H,4,9H2,1-3H3,(H,16,17)(H,18,19)/t14-/m0/s1. The van der Waals surface area contributed by atoms with E-state index < -0.39 is 12.0 Å². The maximum atomic E-state index is 11.9. The third-order valence-corrected chi connectivity index (χ3v) is 3.01. The van der Waals surface area contributed by atoms with Crippen molar-refractivity contribution in [1.29, 1.82) is 0 Å². The van der Waals surface area contributed by atoms with Crippen LogP contribution in [0.3, 0.4) is 0 Å². The van der Waals surface area contributed by atoms with E-state index in [1.165, 1.54) is 5.56 Å². The van der Waals surface area contributed by atoms with Gasteiger partial charge in [0.15, 0.2) is 0 Å². The summed E-state index contributed by atoms with van der Waals surface area (Å²) in [5.74, 6) is -1.39. The van der Waals surface area contributed by atoms with Gasteiger partial charge in [0.2, 0.25) is 5.91 Å². The predicted molar refractivity (Wildman–Crippen MR) is 73.9 cm³/mol. The molecule has 19 heavy (non-hydrogen) atoms. The Bertz CT molecular complexity index is 454. The van der Waals surface area contributed by atoms with Gasteiger partial charge in [-0.1, -0.05) is 45.0 Å². The molecule has 0 heterocycles. The lowest BCUT2D eigenvalue weighted by atomic mass is 10.0. The van der Waals surface area contributed by atoms with Gasteiger partial charge in [0.05, 0.1) is 6.42 Å². The molecule has 0 fully saturated rings. The summed E-state index contributed by atoms with van der Waals surface area (Å²) in [4.78, 5) is 22.9. The van der Waals surface area contributed by atoms with E-state index >= 15 is 0 Å². The number of aryl methyl sites for hydroxylation is 1. The molecule has 0 aliphatic rings. The van der Waals surface area contributed by atoms with Crippen LogP contribution in [0, 0.1) is 5.92 Å². The average Bonchev–Trinajstić information content (AvgIpc) is 2.35. The van der Waals surface area contributed by atoms with E-state index in [1.807, 2.05) is 24.3 Å². The lowest BCUT2D eigenvalue weighted by Gasteiger charge is -2.17. The predicted octanol–water partition coefficient (Wildman–Crippen LogP) is 2.02. The molecule has 1 aromatic rings. The van der Waals surface area contributed by atoms with Crippen molar-refractivity contribution in [2.24, 2.45) is 5.92 Å². The maximum absolute atomic E-state index is 11.9. The van der Waals surface area contributed by atoms with Crippen LogP contribution in [-0.2, 0) is 22.4 Å². The zero-order chi connectivity index (χ0) is 14.4. The van der Waals surface area contributed by atoms with Crippen molar-refractivity contribution >= 4 is 11.9 Å². The summed E-state index contributed by atoms with van der Waals surface area (Å²) in [5.41, 5.74) is 2.08. The summed E-state index contributed by atoms with van der Waals surface area (Å²) in [6.45, 7) is 5.60. The number of carboxylic acid groups (broad SMARTS) is 1. The van der Waals surface area contributed by atoms with Crippen molar-refractivity contribution in [2.75, 3.05) is 0 Å². The van der Waals surface area contributed by atoms with Crippen LogP contribution in [0.4, 0.5) is 0 Å². The number of benzene rings is 1. The molecule has 4 nitrogen and oxygen atoms in total. The average molecular weight is 263 g/mol.